The van der Waals surface area contributed by atoms with Crippen molar-refractivity contribution in [1.29, 1.82) is 0 Å². The van der Waals surface area contributed by atoms with E-state index >= 15 is 0 Å². The number of hydrogen-bond donors (Lipinski definition) is 2. The molecule has 148 valence electrons. The van der Waals surface area contributed by atoms with Gasteiger partial charge >= 0.3 is 5.97 Å². The molecule has 0 saturated carbocycles. The van der Waals surface area contributed by atoms with E-state index in [9.17, 15) is 4.79 Å². The van der Waals surface area contributed by atoms with Gasteiger partial charge in [0.2, 0.25) is 0 Å². The van der Waals surface area contributed by atoms with Gasteiger partial charge in [-0.05, 0) is 37.6 Å². The van der Waals surface area contributed by atoms with Gasteiger partial charge < -0.3 is 24.5 Å². The van der Waals surface area contributed by atoms with E-state index in [1.54, 1.807) is 20.1 Å². The number of hydrogen-bond acceptors (Lipinski definition) is 5. The largest absolute Gasteiger partial charge is 0.497 e. The highest BCUT2D eigenvalue weighted by atomic mass is 127. The van der Waals surface area contributed by atoms with Gasteiger partial charge in [-0.1, -0.05) is 12.1 Å². The molecule has 7 nitrogen and oxygen atoms in total. The van der Waals surface area contributed by atoms with E-state index in [2.05, 4.69) is 15.6 Å². The van der Waals surface area contributed by atoms with Gasteiger partial charge in [0.05, 0.1) is 27.3 Å². The lowest BCUT2D eigenvalue weighted by Gasteiger charge is -2.10. The van der Waals surface area contributed by atoms with Crippen LogP contribution < -0.4 is 15.4 Å². The third kappa shape index (κ3) is 6.78. The van der Waals surface area contributed by atoms with Crippen LogP contribution in [-0.4, -0.2) is 32.7 Å². The van der Waals surface area contributed by atoms with Gasteiger partial charge in [0.1, 0.15) is 22.8 Å². The molecule has 0 atom stereocenters. The number of furan rings is 1. The van der Waals surface area contributed by atoms with Crippen molar-refractivity contribution in [3.63, 3.8) is 0 Å². The first kappa shape index (κ1) is 22.8. The number of guanidine groups is 1. The van der Waals surface area contributed by atoms with E-state index < -0.39 is 5.97 Å². The number of halogens is 1. The maximum atomic E-state index is 11.6. The number of aryl methyl sites for hydroxylation is 1. The topological polar surface area (TPSA) is 85.1 Å². The Bertz CT molecular complexity index is 757. The average Bonchev–Trinajstić information content (AvgIpc) is 3.04. The third-order valence-electron chi connectivity index (χ3n) is 3.73. The molecule has 0 radical (unpaired) electrons. The number of esters is 1. The van der Waals surface area contributed by atoms with Gasteiger partial charge in [-0.3, -0.25) is 0 Å². The number of ether oxygens (including phenoxy) is 2. The lowest BCUT2D eigenvalue weighted by molar-refractivity contribution is 0.0599. The maximum Gasteiger partial charge on any atom is 0.341 e. The minimum Gasteiger partial charge on any atom is -0.497 e. The molecule has 27 heavy (non-hydrogen) atoms. The molecule has 1 heterocycles. The summed E-state index contributed by atoms with van der Waals surface area (Å²) in [6.07, 6.45) is 0. The molecule has 0 saturated heterocycles. The second kappa shape index (κ2) is 11.5. The van der Waals surface area contributed by atoms with Crippen LogP contribution >= 0.6 is 24.0 Å². The van der Waals surface area contributed by atoms with Crippen LogP contribution in [0.25, 0.3) is 0 Å². The molecule has 0 spiro atoms. The van der Waals surface area contributed by atoms with Crippen LogP contribution in [0.2, 0.25) is 0 Å². The summed E-state index contributed by atoms with van der Waals surface area (Å²) in [5.74, 6) is 2.25. The van der Waals surface area contributed by atoms with Crippen molar-refractivity contribution in [2.24, 2.45) is 4.99 Å². The second-order valence-corrected chi connectivity index (χ2v) is 5.57. The smallest absolute Gasteiger partial charge is 0.341 e. The Balaban J connectivity index is 0.00000364. The van der Waals surface area contributed by atoms with Crippen molar-refractivity contribution in [2.75, 3.05) is 20.8 Å². The van der Waals surface area contributed by atoms with Crippen molar-refractivity contribution < 1.29 is 18.7 Å². The number of methoxy groups -OCH3 is 2. The van der Waals surface area contributed by atoms with Crippen LogP contribution in [0.3, 0.4) is 0 Å². The Morgan fingerprint density at radius 3 is 2.48 bits per heavy atom. The third-order valence-corrected chi connectivity index (χ3v) is 3.73. The SMILES string of the molecule is CCNC(=NCc1ccc(OC)cc1)NCc1cc(C(=O)OC)c(C)o1.I. The fraction of sp³-hybridized carbons (Fsp3) is 0.368. The summed E-state index contributed by atoms with van der Waals surface area (Å²) in [4.78, 5) is 16.2. The quantitative estimate of drug-likeness (QED) is 0.270. The number of nitrogens with one attached hydrogen (secondary N) is 2. The fourth-order valence-corrected chi connectivity index (χ4v) is 2.36. The molecule has 0 aliphatic heterocycles. The predicted octanol–water partition coefficient (Wildman–Crippen LogP) is 3.26. The van der Waals surface area contributed by atoms with Gasteiger partial charge in [0.25, 0.3) is 0 Å². The molecule has 1 aromatic carbocycles. The Morgan fingerprint density at radius 2 is 1.89 bits per heavy atom. The van der Waals surface area contributed by atoms with Gasteiger partial charge in [-0.2, -0.15) is 0 Å². The van der Waals surface area contributed by atoms with E-state index in [0.717, 1.165) is 17.9 Å². The lowest BCUT2D eigenvalue weighted by atomic mass is 10.2. The molecule has 0 aliphatic carbocycles. The van der Waals surface area contributed by atoms with Crippen LogP contribution in [0.5, 0.6) is 5.75 Å². The molecule has 0 unspecified atom stereocenters. The highest BCUT2D eigenvalue weighted by Crippen LogP contribution is 2.15. The molecule has 1 aromatic heterocycles. The highest BCUT2D eigenvalue weighted by molar-refractivity contribution is 14.0. The van der Waals surface area contributed by atoms with E-state index in [1.807, 2.05) is 31.2 Å². The van der Waals surface area contributed by atoms with Crippen LogP contribution in [-0.2, 0) is 17.8 Å². The summed E-state index contributed by atoms with van der Waals surface area (Å²) < 4.78 is 15.5. The summed E-state index contributed by atoms with van der Waals surface area (Å²) in [5, 5.41) is 6.38. The molecule has 8 heteroatoms. The molecular weight excluding hydrogens is 461 g/mol. The number of nitrogens with zero attached hydrogens (tertiary/aromatic N) is 1. The predicted molar refractivity (Wildman–Crippen MR) is 115 cm³/mol. The van der Waals surface area contributed by atoms with Crippen molar-refractivity contribution in [1.82, 2.24) is 10.6 Å². The van der Waals surface area contributed by atoms with E-state index in [1.165, 1.54) is 7.11 Å². The minimum absolute atomic E-state index is 0. The molecular formula is C19H26IN3O4. The molecule has 0 bridgehead atoms. The number of rotatable bonds is 7. The van der Waals surface area contributed by atoms with Crippen molar-refractivity contribution in [2.45, 2.75) is 26.9 Å². The number of benzene rings is 1. The van der Waals surface area contributed by atoms with Crippen molar-refractivity contribution in [3.05, 3.63) is 53.0 Å². The lowest BCUT2D eigenvalue weighted by Crippen LogP contribution is -2.36. The van der Waals surface area contributed by atoms with Crippen LogP contribution in [0.1, 0.15) is 34.4 Å². The Labute approximate surface area is 176 Å². The molecule has 2 rings (SSSR count). The Hall–Kier alpha value is -2.23. The Morgan fingerprint density at radius 1 is 1.19 bits per heavy atom. The molecule has 0 fully saturated rings. The monoisotopic (exact) mass is 487 g/mol. The summed E-state index contributed by atoms with van der Waals surface area (Å²) in [7, 11) is 2.99. The molecule has 0 amide bonds. The van der Waals surface area contributed by atoms with E-state index in [0.29, 0.717) is 36.1 Å². The zero-order valence-electron chi connectivity index (χ0n) is 16.0. The van der Waals surface area contributed by atoms with Gasteiger partial charge in [0, 0.05) is 6.54 Å². The second-order valence-electron chi connectivity index (χ2n) is 5.57. The highest BCUT2D eigenvalue weighted by Gasteiger charge is 2.15. The fourth-order valence-electron chi connectivity index (χ4n) is 2.36. The first-order valence-corrected chi connectivity index (χ1v) is 8.40. The first-order chi connectivity index (χ1) is 12.6. The van der Waals surface area contributed by atoms with Crippen molar-refractivity contribution >= 4 is 35.9 Å². The van der Waals surface area contributed by atoms with Gasteiger partial charge in [0.15, 0.2) is 5.96 Å². The number of carbonyl (C=O) groups is 1. The summed E-state index contributed by atoms with van der Waals surface area (Å²) in [5.41, 5.74) is 1.51. The number of aliphatic imine (C=N–C) groups is 1. The zero-order valence-corrected chi connectivity index (χ0v) is 18.3. The van der Waals surface area contributed by atoms with E-state index in [4.69, 9.17) is 13.9 Å². The summed E-state index contributed by atoms with van der Waals surface area (Å²) >= 11 is 0. The standard InChI is InChI=1S/C19H25N3O4.HI/c1-5-20-19(21-11-14-6-8-15(24-3)9-7-14)22-12-16-10-17(13(2)26-16)18(23)25-4;/h6-10H,5,11-12H2,1-4H3,(H2,20,21,22);1H. The maximum absolute atomic E-state index is 11.6. The first-order valence-electron chi connectivity index (χ1n) is 8.40. The van der Waals surface area contributed by atoms with Crippen LogP contribution in [0, 0.1) is 6.92 Å². The van der Waals surface area contributed by atoms with Crippen LogP contribution in [0.15, 0.2) is 39.7 Å². The summed E-state index contributed by atoms with van der Waals surface area (Å²) in [6.45, 7) is 5.41. The summed E-state index contributed by atoms with van der Waals surface area (Å²) in [6, 6.07) is 9.45. The minimum atomic E-state index is -0.405. The van der Waals surface area contributed by atoms with Crippen molar-refractivity contribution in [3.8, 4) is 5.75 Å². The molecule has 0 aliphatic rings. The van der Waals surface area contributed by atoms with Gasteiger partial charge in [-0.15, -0.1) is 24.0 Å². The van der Waals surface area contributed by atoms with Gasteiger partial charge in [-0.25, -0.2) is 9.79 Å². The normalized spacial score (nSPS) is 10.7. The molecule has 2 N–H and O–H groups in total. The average molecular weight is 487 g/mol. The van der Waals surface area contributed by atoms with Crippen LogP contribution in [0.4, 0.5) is 0 Å². The van der Waals surface area contributed by atoms with E-state index in [-0.39, 0.29) is 24.0 Å². The zero-order chi connectivity index (χ0) is 18.9. The molecule has 2 aromatic rings. The Kier molecular flexibility index (Phi) is 9.70. The number of carbonyl (C=O) groups excluding carboxylic acids is 1.